The van der Waals surface area contributed by atoms with E-state index in [1.807, 2.05) is 6.92 Å². The molecule has 0 spiro atoms. The van der Waals surface area contributed by atoms with Crippen LogP contribution in [0.1, 0.15) is 30.1 Å². The molecule has 1 aliphatic heterocycles. The topological polar surface area (TPSA) is 42.1 Å². The van der Waals surface area contributed by atoms with Crippen LogP contribution in [0.4, 0.5) is 0 Å². The molecular weight excluding hydrogens is 194 g/mol. The van der Waals surface area contributed by atoms with Gasteiger partial charge in [-0.1, -0.05) is 6.92 Å². The molecule has 78 valence electrons. The molecule has 14 heavy (non-hydrogen) atoms. The molecule has 1 aromatic heterocycles. The molecule has 2 N–H and O–H groups in total. The van der Waals surface area contributed by atoms with Crippen molar-refractivity contribution in [1.29, 1.82) is 0 Å². The Morgan fingerprint density at radius 3 is 3.07 bits per heavy atom. The second-order valence-electron chi connectivity index (χ2n) is 3.82. The Hall–Kier alpha value is -0.450. The third kappa shape index (κ3) is 1.69. The van der Waals surface area contributed by atoms with Crippen molar-refractivity contribution in [2.75, 3.05) is 13.1 Å². The summed E-state index contributed by atoms with van der Waals surface area (Å²) in [6.07, 6.45) is 1.09. The maximum Gasteiger partial charge on any atom is 0.0898 e. The number of thiazole rings is 1. The van der Waals surface area contributed by atoms with Crippen LogP contribution in [-0.4, -0.2) is 29.0 Å². The average Bonchev–Trinajstić information content (AvgIpc) is 2.71. The highest BCUT2D eigenvalue weighted by Crippen LogP contribution is 2.31. The summed E-state index contributed by atoms with van der Waals surface area (Å²) in [5.41, 5.74) is 7.28. The van der Waals surface area contributed by atoms with Crippen molar-refractivity contribution in [3.63, 3.8) is 0 Å². The van der Waals surface area contributed by atoms with Crippen LogP contribution in [0.2, 0.25) is 0 Å². The van der Waals surface area contributed by atoms with E-state index in [1.165, 1.54) is 5.69 Å². The van der Waals surface area contributed by atoms with E-state index in [4.69, 9.17) is 5.73 Å². The van der Waals surface area contributed by atoms with Crippen LogP contribution >= 0.6 is 11.3 Å². The first kappa shape index (κ1) is 10.1. The number of likely N-dealkylation sites (tertiary alicyclic amines) is 1. The quantitative estimate of drug-likeness (QED) is 0.807. The average molecular weight is 211 g/mol. The summed E-state index contributed by atoms with van der Waals surface area (Å²) in [6.45, 7) is 6.41. The highest BCUT2D eigenvalue weighted by molar-refractivity contribution is 7.09. The van der Waals surface area contributed by atoms with Crippen molar-refractivity contribution in [3.8, 4) is 0 Å². The summed E-state index contributed by atoms with van der Waals surface area (Å²) in [5.74, 6) is 0. The number of likely N-dealkylation sites (N-methyl/N-ethyl adjacent to an activating group) is 1. The molecule has 0 amide bonds. The molecule has 0 aliphatic carbocycles. The molecule has 4 heteroatoms. The van der Waals surface area contributed by atoms with Crippen molar-refractivity contribution in [3.05, 3.63) is 16.1 Å². The molecule has 0 aromatic carbocycles. The Bertz CT molecular complexity index is 310. The van der Waals surface area contributed by atoms with Crippen LogP contribution in [0.5, 0.6) is 0 Å². The summed E-state index contributed by atoms with van der Waals surface area (Å²) in [4.78, 5) is 6.95. The van der Waals surface area contributed by atoms with Gasteiger partial charge in [0.1, 0.15) is 0 Å². The van der Waals surface area contributed by atoms with Crippen LogP contribution in [0, 0.1) is 6.92 Å². The lowest BCUT2D eigenvalue weighted by molar-refractivity contribution is 0.257. The van der Waals surface area contributed by atoms with Gasteiger partial charge in [-0.2, -0.15) is 0 Å². The third-order valence-electron chi connectivity index (χ3n) is 2.89. The van der Waals surface area contributed by atoms with E-state index >= 15 is 0 Å². The molecule has 1 fully saturated rings. The van der Waals surface area contributed by atoms with E-state index in [-0.39, 0.29) is 6.04 Å². The van der Waals surface area contributed by atoms with E-state index in [0.29, 0.717) is 6.04 Å². The second-order valence-corrected chi connectivity index (χ2v) is 4.88. The number of nitrogens with zero attached hydrogens (tertiary/aromatic N) is 2. The Kier molecular flexibility index (Phi) is 2.85. The van der Waals surface area contributed by atoms with Gasteiger partial charge < -0.3 is 5.73 Å². The van der Waals surface area contributed by atoms with Crippen LogP contribution in [-0.2, 0) is 0 Å². The van der Waals surface area contributed by atoms with Gasteiger partial charge in [0.15, 0.2) is 0 Å². The Morgan fingerprint density at radius 2 is 2.50 bits per heavy atom. The highest BCUT2D eigenvalue weighted by Gasteiger charge is 2.33. The second kappa shape index (κ2) is 3.96. The van der Waals surface area contributed by atoms with E-state index in [9.17, 15) is 0 Å². The van der Waals surface area contributed by atoms with Crippen LogP contribution in [0.25, 0.3) is 0 Å². The molecule has 0 saturated carbocycles. The Balaban J connectivity index is 2.22. The lowest BCUT2D eigenvalue weighted by Gasteiger charge is -2.23. The third-order valence-corrected chi connectivity index (χ3v) is 3.69. The van der Waals surface area contributed by atoms with Crippen LogP contribution in [0.3, 0.4) is 0 Å². The first-order chi connectivity index (χ1) is 6.72. The molecule has 3 nitrogen and oxygen atoms in total. The van der Waals surface area contributed by atoms with Gasteiger partial charge in [0.2, 0.25) is 0 Å². The molecule has 2 atom stereocenters. The van der Waals surface area contributed by atoms with Crippen molar-refractivity contribution >= 4 is 11.3 Å². The minimum Gasteiger partial charge on any atom is -0.326 e. The molecule has 1 aliphatic rings. The number of hydrogen-bond acceptors (Lipinski definition) is 4. The summed E-state index contributed by atoms with van der Waals surface area (Å²) in [6, 6.07) is 0.612. The summed E-state index contributed by atoms with van der Waals surface area (Å²) in [5, 5.41) is 3.28. The lowest BCUT2D eigenvalue weighted by Crippen LogP contribution is -2.31. The maximum absolute atomic E-state index is 6.11. The van der Waals surface area contributed by atoms with E-state index in [1.54, 1.807) is 11.3 Å². The molecule has 2 unspecified atom stereocenters. The predicted molar refractivity (Wildman–Crippen MR) is 59.4 cm³/mol. The van der Waals surface area contributed by atoms with E-state index < -0.39 is 0 Å². The summed E-state index contributed by atoms with van der Waals surface area (Å²) < 4.78 is 0. The van der Waals surface area contributed by atoms with Gasteiger partial charge in [-0.15, -0.1) is 11.3 Å². The van der Waals surface area contributed by atoms with Crippen molar-refractivity contribution in [1.82, 2.24) is 9.88 Å². The van der Waals surface area contributed by atoms with Crippen molar-refractivity contribution in [2.45, 2.75) is 32.4 Å². The number of nitrogens with two attached hydrogens (primary N) is 1. The zero-order valence-corrected chi connectivity index (χ0v) is 9.55. The largest absolute Gasteiger partial charge is 0.326 e. The number of aromatic nitrogens is 1. The van der Waals surface area contributed by atoms with Gasteiger partial charge in [0.05, 0.1) is 16.7 Å². The molecule has 2 heterocycles. The van der Waals surface area contributed by atoms with Gasteiger partial charge in [-0.25, -0.2) is 4.98 Å². The zero-order valence-electron chi connectivity index (χ0n) is 8.73. The first-order valence-corrected chi connectivity index (χ1v) is 6.02. The van der Waals surface area contributed by atoms with E-state index in [2.05, 4.69) is 22.2 Å². The lowest BCUT2D eigenvalue weighted by atomic mass is 10.1. The smallest absolute Gasteiger partial charge is 0.0898 e. The first-order valence-electron chi connectivity index (χ1n) is 5.14. The highest BCUT2D eigenvalue weighted by atomic mass is 32.1. The summed E-state index contributed by atoms with van der Waals surface area (Å²) in [7, 11) is 0. The SMILES string of the molecule is CCN1CCC(N)C1c1csc(C)n1. The van der Waals surface area contributed by atoms with Gasteiger partial charge in [-0.05, 0) is 19.9 Å². The maximum atomic E-state index is 6.11. The Morgan fingerprint density at radius 1 is 1.71 bits per heavy atom. The molecule has 0 bridgehead atoms. The van der Waals surface area contributed by atoms with E-state index in [0.717, 1.165) is 24.5 Å². The minimum atomic E-state index is 0.261. The zero-order chi connectivity index (χ0) is 10.1. The molecule has 0 radical (unpaired) electrons. The molecule has 1 saturated heterocycles. The fraction of sp³-hybridized carbons (Fsp3) is 0.700. The van der Waals surface area contributed by atoms with Gasteiger partial charge in [0, 0.05) is 18.0 Å². The fourth-order valence-electron chi connectivity index (χ4n) is 2.16. The summed E-state index contributed by atoms with van der Waals surface area (Å²) >= 11 is 1.71. The number of rotatable bonds is 2. The molecule has 2 rings (SSSR count). The van der Waals surface area contributed by atoms with Gasteiger partial charge in [-0.3, -0.25) is 4.90 Å². The normalized spacial score (nSPS) is 28.5. The predicted octanol–water partition coefficient (Wildman–Crippen LogP) is 1.55. The van der Waals surface area contributed by atoms with Crippen molar-refractivity contribution in [2.24, 2.45) is 5.73 Å². The molecule has 1 aromatic rings. The van der Waals surface area contributed by atoms with Crippen LogP contribution in [0.15, 0.2) is 5.38 Å². The monoisotopic (exact) mass is 211 g/mol. The standard InChI is InChI=1S/C10H17N3S/c1-3-13-5-4-8(11)10(13)9-6-14-7(2)12-9/h6,8,10H,3-5,11H2,1-2H3. The van der Waals surface area contributed by atoms with Crippen LogP contribution < -0.4 is 5.73 Å². The number of aryl methyl sites for hydroxylation is 1. The minimum absolute atomic E-state index is 0.261. The van der Waals surface area contributed by atoms with Gasteiger partial charge >= 0.3 is 0 Å². The molecular formula is C10H17N3S. The van der Waals surface area contributed by atoms with Crippen molar-refractivity contribution < 1.29 is 0 Å². The Labute approximate surface area is 88.9 Å². The number of hydrogen-bond donors (Lipinski definition) is 1. The fourth-order valence-corrected chi connectivity index (χ4v) is 2.80. The van der Waals surface area contributed by atoms with Gasteiger partial charge in [0.25, 0.3) is 0 Å².